The molecule has 0 saturated heterocycles. The SMILES string of the molecule is Clc1c2ccccc2c(-c2nc(-c3ccccc3)nc(-c3ccc4c(c3)sc3ccccc34)n2)c2c1oc1ccccc12. The molecular formula is C37H20ClN3OS. The van der Waals surface area contributed by atoms with Gasteiger partial charge in [-0.25, -0.2) is 15.0 Å². The maximum atomic E-state index is 7.00. The molecule has 0 bridgehead atoms. The number of thiophene rings is 1. The van der Waals surface area contributed by atoms with Gasteiger partial charge in [-0.1, -0.05) is 115 Å². The van der Waals surface area contributed by atoms with Crippen molar-refractivity contribution in [2.24, 2.45) is 0 Å². The third kappa shape index (κ3) is 3.79. The van der Waals surface area contributed by atoms with E-state index < -0.39 is 0 Å². The highest BCUT2D eigenvalue weighted by molar-refractivity contribution is 7.25. The van der Waals surface area contributed by atoms with E-state index in [2.05, 4.69) is 54.6 Å². The van der Waals surface area contributed by atoms with Crippen molar-refractivity contribution in [1.29, 1.82) is 0 Å². The minimum atomic E-state index is 0.574. The van der Waals surface area contributed by atoms with E-state index in [0.29, 0.717) is 28.1 Å². The fourth-order valence-corrected chi connectivity index (χ4v) is 7.47. The van der Waals surface area contributed by atoms with Gasteiger partial charge in [0.05, 0.1) is 5.02 Å². The number of hydrogen-bond acceptors (Lipinski definition) is 5. The van der Waals surface area contributed by atoms with Crippen molar-refractivity contribution < 1.29 is 4.42 Å². The zero-order valence-corrected chi connectivity index (χ0v) is 24.2. The van der Waals surface area contributed by atoms with Gasteiger partial charge in [-0.15, -0.1) is 11.3 Å². The topological polar surface area (TPSA) is 51.8 Å². The van der Waals surface area contributed by atoms with Gasteiger partial charge in [0.15, 0.2) is 23.1 Å². The lowest BCUT2D eigenvalue weighted by molar-refractivity contribution is 0.669. The van der Waals surface area contributed by atoms with E-state index in [9.17, 15) is 0 Å². The van der Waals surface area contributed by atoms with Gasteiger partial charge >= 0.3 is 0 Å². The molecule has 4 nitrogen and oxygen atoms in total. The summed E-state index contributed by atoms with van der Waals surface area (Å²) in [5.74, 6) is 1.80. The Kier molecular flexibility index (Phi) is 5.39. The number of furan rings is 1. The zero-order chi connectivity index (χ0) is 28.5. The van der Waals surface area contributed by atoms with Crippen molar-refractivity contribution in [2.75, 3.05) is 0 Å². The smallest absolute Gasteiger partial charge is 0.165 e. The Labute approximate surface area is 254 Å². The van der Waals surface area contributed by atoms with Gasteiger partial charge in [0.25, 0.3) is 0 Å². The molecule has 0 atom stereocenters. The van der Waals surface area contributed by atoms with Crippen molar-refractivity contribution in [1.82, 2.24) is 15.0 Å². The standard InChI is InChI=1S/C37H20ClN3OS/c38-33-26-14-5-4-13-25(26)32(31-27-15-6-8-16-28(27)42-34(31)33)37-40-35(21-10-2-1-3-11-21)39-36(41-37)22-18-19-24-23-12-7-9-17-29(23)43-30(24)20-22/h1-20H. The molecule has 6 aromatic carbocycles. The van der Waals surface area contributed by atoms with Crippen LogP contribution in [0.3, 0.4) is 0 Å². The van der Waals surface area contributed by atoms with Crippen LogP contribution in [0.25, 0.3) is 87.0 Å². The van der Waals surface area contributed by atoms with Crippen molar-refractivity contribution in [3.05, 3.63) is 126 Å². The van der Waals surface area contributed by atoms with E-state index in [1.54, 1.807) is 11.3 Å². The number of aromatic nitrogens is 3. The normalized spacial score (nSPS) is 11.8. The molecule has 3 heterocycles. The molecule has 0 amide bonds. The van der Waals surface area contributed by atoms with Gasteiger partial charge in [-0.2, -0.15) is 0 Å². The largest absolute Gasteiger partial charge is 0.454 e. The average Bonchev–Trinajstić information content (AvgIpc) is 3.64. The van der Waals surface area contributed by atoms with Gasteiger partial charge in [0, 0.05) is 53.0 Å². The van der Waals surface area contributed by atoms with E-state index >= 15 is 0 Å². The highest BCUT2D eigenvalue weighted by Gasteiger charge is 2.23. The van der Waals surface area contributed by atoms with Crippen molar-refractivity contribution >= 4 is 75.8 Å². The Morgan fingerprint density at radius 3 is 1.98 bits per heavy atom. The third-order valence-corrected chi connectivity index (χ3v) is 9.51. The molecular weight excluding hydrogens is 570 g/mol. The van der Waals surface area contributed by atoms with Crippen LogP contribution in [0.5, 0.6) is 0 Å². The molecule has 9 rings (SSSR count). The van der Waals surface area contributed by atoms with E-state index in [-0.39, 0.29) is 0 Å². The van der Waals surface area contributed by atoms with Crippen LogP contribution in [0.2, 0.25) is 5.02 Å². The van der Waals surface area contributed by atoms with Crippen LogP contribution in [-0.2, 0) is 0 Å². The Balaban J connectivity index is 1.38. The van der Waals surface area contributed by atoms with Gasteiger partial charge < -0.3 is 4.42 Å². The van der Waals surface area contributed by atoms with E-state index in [1.165, 1.54) is 20.2 Å². The first-order chi connectivity index (χ1) is 21.2. The molecule has 43 heavy (non-hydrogen) atoms. The maximum Gasteiger partial charge on any atom is 0.165 e. The van der Waals surface area contributed by atoms with Gasteiger partial charge in [-0.3, -0.25) is 0 Å². The number of halogens is 1. The summed E-state index contributed by atoms with van der Waals surface area (Å²) in [5.41, 5.74) is 4.13. The highest BCUT2D eigenvalue weighted by Crippen LogP contribution is 2.45. The zero-order valence-electron chi connectivity index (χ0n) is 22.6. The average molecular weight is 590 g/mol. The molecule has 0 aliphatic heterocycles. The molecule has 0 aliphatic carbocycles. The number of para-hydroxylation sites is 1. The maximum absolute atomic E-state index is 7.00. The number of rotatable bonds is 3. The molecule has 6 heteroatoms. The van der Waals surface area contributed by atoms with Crippen LogP contribution in [0, 0.1) is 0 Å². The van der Waals surface area contributed by atoms with Crippen molar-refractivity contribution in [3.8, 4) is 34.2 Å². The lowest BCUT2D eigenvalue weighted by Gasteiger charge is -2.12. The second-order valence-electron chi connectivity index (χ2n) is 10.5. The number of nitrogens with zero attached hydrogens (tertiary/aromatic N) is 3. The highest BCUT2D eigenvalue weighted by atomic mass is 35.5. The minimum Gasteiger partial charge on any atom is -0.454 e. The molecule has 0 aliphatic rings. The molecule has 202 valence electrons. The summed E-state index contributed by atoms with van der Waals surface area (Å²) < 4.78 is 8.82. The Morgan fingerprint density at radius 2 is 1.14 bits per heavy atom. The summed E-state index contributed by atoms with van der Waals surface area (Å²) >= 11 is 8.78. The quantitative estimate of drug-likeness (QED) is 0.206. The predicted octanol–water partition coefficient (Wildman–Crippen LogP) is 10.9. The molecule has 0 saturated carbocycles. The third-order valence-electron chi connectivity index (χ3n) is 8.01. The molecule has 3 aromatic heterocycles. The molecule has 0 fully saturated rings. The monoisotopic (exact) mass is 589 g/mol. The Morgan fingerprint density at radius 1 is 0.512 bits per heavy atom. The van der Waals surface area contributed by atoms with Crippen LogP contribution in [0.4, 0.5) is 0 Å². The fourth-order valence-electron chi connectivity index (χ4n) is 6.03. The number of benzene rings is 6. The molecule has 0 radical (unpaired) electrons. The first-order valence-electron chi connectivity index (χ1n) is 14.0. The molecule has 0 unspecified atom stereocenters. The van der Waals surface area contributed by atoms with Crippen molar-refractivity contribution in [3.63, 3.8) is 0 Å². The first-order valence-corrected chi connectivity index (χ1v) is 15.2. The van der Waals surface area contributed by atoms with E-state index in [4.69, 9.17) is 31.0 Å². The summed E-state index contributed by atoms with van der Waals surface area (Å²) in [7, 11) is 0. The summed E-state index contributed by atoms with van der Waals surface area (Å²) in [6.07, 6.45) is 0. The van der Waals surface area contributed by atoms with E-state index in [0.717, 1.165) is 43.8 Å². The summed E-state index contributed by atoms with van der Waals surface area (Å²) in [6, 6.07) is 41.2. The van der Waals surface area contributed by atoms with Crippen LogP contribution in [-0.4, -0.2) is 15.0 Å². The Hall–Kier alpha value is -5.10. The fraction of sp³-hybridized carbons (Fsp3) is 0. The molecule has 0 spiro atoms. The minimum absolute atomic E-state index is 0.574. The van der Waals surface area contributed by atoms with E-state index in [1.807, 2.05) is 66.7 Å². The van der Waals surface area contributed by atoms with Gasteiger partial charge in [0.2, 0.25) is 0 Å². The van der Waals surface area contributed by atoms with Crippen LogP contribution in [0.1, 0.15) is 0 Å². The summed E-state index contributed by atoms with van der Waals surface area (Å²) in [6.45, 7) is 0. The second kappa shape index (κ2) is 9.46. The summed E-state index contributed by atoms with van der Waals surface area (Å²) in [5, 5.41) is 6.79. The second-order valence-corrected chi connectivity index (χ2v) is 12.0. The van der Waals surface area contributed by atoms with Gasteiger partial charge in [-0.05, 0) is 23.6 Å². The predicted molar refractivity (Wildman–Crippen MR) is 179 cm³/mol. The van der Waals surface area contributed by atoms with Crippen LogP contribution < -0.4 is 0 Å². The van der Waals surface area contributed by atoms with Gasteiger partial charge in [0.1, 0.15) is 5.58 Å². The number of hydrogen-bond donors (Lipinski definition) is 0. The molecule has 9 aromatic rings. The summed E-state index contributed by atoms with van der Waals surface area (Å²) in [4.78, 5) is 15.3. The molecule has 0 N–H and O–H groups in total. The lowest BCUT2D eigenvalue weighted by Crippen LogP contribution is -2.01. The number of fused-ring (bicyclic) bond motifs is 7. The van der Waals surface area contributed by atoms with Crippen LogP contribution in [0.15, 0.2) is 126 Å². The Bertz CT molecular complexity index is 2530. The van der Waals surface area contributed by atoms with Crippen LogP contribution >= 0.6 is 22.9 Å². The van der Waals surface area contributed by atoms with Crippen molar-refractivity contribution in [2.45, 2.75) is 0 Å². The first kappa shape index (κ1) is 24.5. The lowest BCUT2D eigenvalue weighted by atomic mass is 9.97.